The number of hydrogen-bond acceptors (Lipinski definition) is 5. The predicted octanol–water partition coefficient (Wildman–Crippen LogP) is 1.15. The number of piperazine rings is 1. The van der Waals surface area contributed by atoms with E-state index in [1.165, 1.54) is 7.11 Å². The van der Waals surface area contributed by atoms with Gasteiger partial charge in [0.2, 0.25) is 10.0 Å². The second-order valence-electron chi connectivity index (χ2n) is 6.28. The van der Waals surface area contributed by atoms with Crippen molar-refractivity contribution in [1.29, 1.82) is 0 Å². The van der Waals surface area contributed by atoms with Crippen LogP contribution in [0.4, 0.5) is 0 Å². The molecule has 130 valence electrons. The molecule has 1 N–H and O–H groups in total. The number of nitrogens with zero attached hydrogens (tertiary/aromatic N) is 1. The van der Waals surface area contributed by atoms with Crippen molar-refractivity contribution in [2.45, 2.75) is 56.9 Å². The minimum Gasteiger partial charge on any atom is -0.469 e. The average Bonchev–Trinajstić information content (AvgIpc) is 2.45. The Hall–Kier alpha value is -0.370. The Kier molecular flexibility index (Phi) is 7.11. The molecule has 2 fully saturated rings. The summed E-state index contributed by atoms with van der Waals surface area (Å²) in [6.45, 7) is 4.90. The topological polar surface area (TPSA) is 75.7 Å². The van der Waals surface area contributed by atoms with Crippen LogP contribution in [-0.2, 0) is 19.6 Å². The van der Waals surface area contributed by atoms with Crippen LogP contribution in [0, 0.1) is 5.92 Å². The molecule has 4 unspecified atom stereocenters. The van der Waals surface area contributed by atoms with Gasteiger partial charge in [0.15, 0.2) is 0 Å². The second kappa shape index (κ2) is 7.95. The van der Waals surface area contributed by atoms with Gasteiger partial charge in [-0.15, -0.1) is 12.4 Å². The summed E-state index contributed by atoms with van der Waals surface area (Å²) in [5.41, 5.74) is 0. The van der Waals surface area contributed by atoms with Gasteiger partial charge in [0.05, 0.1) is 18.3 Å². The number of rotatable bonds is 3. The Labute approximate surface area is 139 Å². The molecule has 0 aromatic heterocycles. The Bertz CT molecular complexity index is 475. The fraction of sp³-hybridized carbons (Fsp3) is 0.929. The van der Waals surface area contributed by atoms with Crippen LogP contribution in [0.5, 0.6) is 0 Å². The molecule has 1 saturated heterocycles. The van der Waals surface area contributed by atoms with Crippen LogP contribution in [0.3, 0.4) is 0 Å². The van der Waals surface area contributed by atoms with Crippen LogP contribution in [0.15, 0.2) is 0 Å². The second-order valence-corrected chi connectivity index (χ2v) is 8.44. The fourth-order valence-electron chi connectivity index (χ4n) is 3.55. The van der Waals surface area contributed by atoms with Crippen LogP contribution in [0.2, 0.25) is 0 Å². The first-order chi connectivity index (χ1) is 9.86. The third-order valence-electron chi connectivity index (χ3n) is 4.47. The van der Waals surface area contributed by atoms with E-state index in [1.54, 1.807) is 4.31 Å². The maximum atomic E-state index is 13.0. The molecule has 4 atom stereocenters. The van der Waals surface area contributed by atoms with E-state index < -0.39 is 21.2 Å². The molecule has 22 heavy (non-hydrogen) atoms. The zero-order valence-electron chi connectivity index (χ0n) is 13.4. The van der Waals surface area contributed by atoms with E-state index in [0.717, 1.165) is 12.8 Å². The molecule has 0 aromatic carbocycles. The van der Waals surface area contributed by atoms with Gasteiger partial charge < -0.3 is 10.1 Å². The number of sulfonamides is 1. The Morgan fingerprint density at radius 1 is 1.14 bits per heavy atom. The van der Waals surface area contributed by atoms with Gasteiger partial charge >= 0.3 is 5.97 Å². The monoisotopic (exact) mass is 354 g/mol. The number of nitrogens with one attached hydrogen (secondary N) is 1. The van der Waals surface area contributed by atoms with Gasteiger partial charge in [-0.1, -0.05) is 12.8 Å². The molecular weight excluding hydrogens is 328 g/mol. The molecule has 1 heterocycles. The van der Waals surface area contributed by atoms with E-state index >= 15 is 0 Å². The molecule has 6 nitrogen and oxygen atoms in total. The molecule has 1 aliphatic carbocycles. The maximum absolute atomic E-state index is 13.0. The Morgan fingerprint density at radius 3 is 2.23 bits per heavy atom. The van der Waals surface area contributed by atoms with Crippen LogP contribution >= 0.6 is 12.4 Å². The summed E-state index contributed by atoms with van der Waals surface area (Å²) in [5.74, 6) is -0.909. The van der Waals surface area contributed by atoms with E-state index in [1.807, 2.05) is 13.8 Å². The third kappa shape index (κ3) is 4.13. The highest BCUT2D eigenvalue weighted by Crippen LogP contribution is 2.32. The van der Waals surface area contributed by atoms with Crippen molar-refractivity contribution in [2.24, 2.45) is 5.92 Å². The van der Waals surface area contributed by atoms with Crippen molar-refractivity contribution in [1.82, 2.24) is 9.62 Å². The first-order valence-electron chi connectivity index (χ1n) is 7.69. The third-order valence-corrected chi connectivity index (χ3v) is 6.82. The highest BCUT2D eigenvalue weighted by Gasteiger charge is 2.44. The molecule has 2 aliphatic rings. The summed E-state index contributed by atoms with van der Waals surface area (Å²) in [7, 11) is -2.13. The van der Waals surface area contributed by atoms with E-state index in [-0.39, 0.29) is 30.5 Å². The number of esters is 1. The summed E-state index contributed by atoms with van der Waals surface area (Å²) in [6, 6.07) is 0.257. The minimum absolute atomic E-state index is 0. The van der Waals surface area contributed by atoms with Gasteiger partial charge in [0.1, 0.15) is 0 Å². The van der Waals surface area contributed by atoms with Crippen molar-refractivity contribution in [2.75, 3.05) is 20.2 Å². The summed E-state index contributed by atoms with van der Waals surface area (Å²) in [4.78, 5) is 11.9. The standard InChI is InChI=1S/C14H26N2O4S.ClH/c1-10-8-16(9-11(2)15-10)21(18,19)13-7-5-4-6-12(13)14(17)20-3;/h10-13,15H,4-9H2,1-3H3;1H. The number of carbonyl (C=O) groups excluding carboxylic acids is 1. The van der Waals surface area contributed by atoms with Crippen molar-refractivity contribution < 1.29 is 17.9 Å². The highest BCUT2D eigenvalue weighted by atomic mass is 35.5. The molecule has 1 aliphatic heterocycles. The number of carbonyl (C=O) groups is 1. The average molecular weight is 355 g/mol. The normalized spacial score (nSPS) is 33.8. The highest BCUT2D eigenvalue weighted by molar-refractivity contribution is 7.89. The van der Waals surface area contributed by atoms with Crippen LogP contribution < -0.4 is 5.32 Å². The van der Waals surface area contributed by atoms with Crippen molar-refractivity contribution in [3.63, 3.8) is 0 Å². The summed E-state index contributed by atoms with van der Waals surface area (Å²) in [5, 5.41) is 2.70. The zero-order valence-corrected chi connectivity index (χ0v) is 15.1. The Morgan fingerprint density at radius 2 is 1.68 bits per heavy atom. The molecule has 0 radical (unpaired) electrons. The lowest BCUT2D eigenvalue weighted by atomic mass is 9.89. The molecule has 8 heteroatoms. The lowest BCUT2D eigenvalue weighted by Crippen LogP contribution is -2.58. The van der Waals surface area contributed by atoms with Crippen LogP contribution in [-0.4, -0.2) is 56.2 Å². The maximum Gasteiger partial charge on any atom is 0.310 e. The molecule has 0 aromatic rings. The lowest BCUT2D eigenvalue weighted by molar-refractivity contribution is -0.146. The fourth-order valence-corrected chi connectivity index (χ4v) is 5.92. The summed E-state index contributed by atoms with van der Waals surface area (Å²) >= 11 is 0. The number of halogens is 1. The summed E-state index contributed by atoms with van der Waals surface area (Å²) in [6.07, 6.45) is 2.90. The summed E-state index contributed by atoms with van der Waals surface area (Å²) < 4.78 is 32.3. The van der Waals surface area contributed by atoms with Gasteiger partial charge in [-0.2, -0.15) is 4.31 Å². The first kappa shape index (κ1) is 19.7. The minimum atomic E-state index is -3.46. The van der Waals surface area contributed by atoms with Gasteiger partial charge in [-0.3, -0.25) is 4.79 Å². The largest absolute Gasteiger partial charge is 0.469 e. The van der Waals surface area contributed by atoms with Crippen LogP contribution in [0.1, 0.15) is 39.5 Å². The SMILES string of the molecule is COC(=O)C1CCCCC1S(=O)(=O)N1CC(C)NC(C)C1.Cl. The number of hydrogen-bond donors (Lipinski definition) is 1. The van der Waals surface area contributed by atoms with Crippen molar-refractivity contribution in [3.8, 4) is 0 Å². The zero-order chi connectivity index (χ0) is 15.6. The van der Waals surface area contributed by atoms with Gasteiger partial charge in [0, 0.05) is 25.2 Å². The molecule has 2 rings (SSSR count). The lowest BCUT2D eigenvalue weighted by Gasteiger charge is -2.39. The van der Waals surface area contributed by atoms with E-state index in [9.17, 15) is 13.2 Å². The molecule has 0 spiro atoms. The predicted molar refractivity (Wildman–Crippen MR) is 87.6 cm³/mol. The van der Waals surface area contributed by atoms with Gasteiger partial charge in [-0.05, 0) is 26.7 Å². The van der Waals surface area contributed by atoms with Gasteiger partial charge in [-0.25, -0.2) is 8.42 Å². The molecule has 0 amide bonds. The molecular formula is C14H27ClN2O4S. The molecule has 1 saturated carbocycles. The Balaban J connectivity index is 0.00000242. The smallest absolute Gasteiger partial charge is 0.310 e. The van der Waals surface area contributed by atoms with E-state index in [2.05, 4.69) is 5.32 Å². The van der Waals surface area contributed by atoms with Crippen molar-refractivity contribution >= 4 is 28.4 Å². The first-order valence-corrected chi connectivity index (χ1v) is 9.19. The van der Waals surface area contributed by atoms with E-state index in [4.69, 9.17) is 4.74 Å². The quantitative estimate of drug-likeness (QED) is 0.769. The number of ether oxygens (including phenoxy) is 1. The molecule has 0 bridgehead atoms. The number of methoxy groups -OCH3 is 1. The van der Waals surface area contributed by atoms with E-state index in [0.29, 0.717) is 25.9 Å². The van der Waals surface area contributed by atoms with Crippen LogP contribution in [0.25, 0.3) is 0 Å². The van der Waals surface area contributed by atoms with Gasteiger partial charge in [0.25, 0.3) is 0 Å². The van der Waals surface area contributed by atoms with Crippen molar-refractivity contribution in [3.05, 3.63) is 0 Å².